The molecular weight excluding hydrogens is 382 g/mol. The van der Waals surface area contributed by atoms with E-state index in [1.807, 2.05) is 43.5 Å². The summed E-state index contributed by atoms with van der Waals surface area (Å²) in [5.74, 6) is 0.904. The summed E-state index contributed by atoms with van der Waals surface area (Å²) in [4.78, 5) is 37.5. The average molecular weight is 409 g/mol. The Balaban J connectivity index is 1.64. The number of ether oxygens (including phenoxy) is 1. The average Bonchev–Trinajstić information content (AvgIpc) is 3.13. The number of nitrogens with zero attached hydrogens (tertiary/aromatic N) is 5. The molecule has 0 spiro atoms. The maximum atomic E-state index is 12.4. The Hall–Kier alpha value is -3.16. The Morgan fingerprint density at radius 1 is 1.23 bits per heavy atom. The largest absolute Gasteiger partial charge is 0.444 e. The Morgan fingerprint density at radius 2 is 2.00 bits per heavy atom. The van der Waals surface area contributed by atoms with E-state index in [2.05, 4.69) is 20.9 Å². The fraction of sp³-hybridized carbons (Fsp3) is 0.455. The first-order chi connectivity index (χ1) is 14.3. The van der Waals surface area contributed by atoms with Gasteiger partial charge in [0.25, 0.3) is 0 Å². The van der Waals surface area contributed by atoms with Crippen molar-refractivity contribution in [3.63, 3.8) is 0 Å². The fourth-order valence-electron chi connectivity index (χ4n) is 3.91. The second kappa shape index (κ2) is 7.59. The van der Waals surface area contributed by atoms with Gasteiger partial charge in [-0.2, -0.15) is 0 Å². The molecule has 0 radical (unpaired) electrons. The molecule has 0 saturated carbocycles. The smallest absolute Gasteiger partial charge is 0.410 e. The van der Waals surface area contributed by atoms with E-state index in [1.165, 1.54) is 0 Å². The molecule has 2 aliphatic heterocycles. The molecule has 158 valence electrons. The molecule has 30 heavy (non-hydrogen) atoms. The van der Waals surface area contributed by atoms with Gasteiger partial charge < -0.3 is 19.3 Å². The molecule has 1 fully saturated rings. The van der Waals surface area contributed by atoms with Crippen LogP contribution in [0.1, 0.15) is 20.8 Å². The minimum Gasteiger partial charge on any atom is -0.444 e. The van der Waals surface area contributed by atoms with Crippen LogP contribution in [0.4, 0.5) is 10.6 Å². The lowest BCUT2D eigenvalue weighted by Crippen LogP contribution is -2.51. The standard InChI is InChI=1S/C22H27N5O3/c1-21(2,3)30-20(29)26-12-10-25(11-13-26)18-14-17-6-4-9-24-19(17)27(18)22(16-28)7-5-8-23-15-22/h4-9,14,16H,10-13,15H2,1-3H3. The van der Waals surface area contributed by atoms with Gasteiger partial charge in [-0.3, -0.25) is 9.56 Å². The van der Waals surface area contributed by atoms with Gasteiger partial charge in [0.05, 0.1) is 6.54 Å². The van der Waals surface area contributed by atoms with E-state index in [0.29, 0.717) is 32.7 Å². The van der Waals surface area contributed by atoms with Gasteiger partial charge in [0.2, 0.25) is 0 Å². The lowest BCUT2D eigenvalue weighted by atomic mass is 9.99. The zero-order chi connectivity index (χ0) is 21.4. The molecule has 2 aromatic rings. The third-order valence-corrected chi connectivity index (χ3v) is 5.34. The number of amides is 1. The van der Waals surface area contributed by atoms with Crippen LogP contribution in [0, 0.1) is 0 Å². The number of hydrogen-bond acceptors (Lipinski definition) is 6. The summed E-state index contributed by atoms with van der Waals surface area (Å²) >= 11 is 0. The van der Waals surface area contributed by atoms with Gasteiger partial charge in [0.15, 0.2) is 6.29 Å². The van der Waals surface area contributed by atoms with Crippen LogP contribution in [0.3, 0.4) is 0 Å². The first-order valence-corrected chi connectivity index (χ1v) is 10.2. The molecule has 1 unspecified atom stereocenters. The van der Waals surface area contributed by atoms with E-state index in [0.717, 1.165) is 23.1 Å². The van der Waals surface area contributed by atoms with E-state index in [-0.39, 0.29) is 6.09 Å². The van der Waals surface area contributed by atoms with Gasteiger partial charge in [-0.05, 0) is 51.1 Å². The van der Waals surface area contributed by atoms with Crippen molar-refractivity contribution >= 4 is 35.4 Å². The quantitative estimate of drug-likeness (QED) is 0.728. The van der Waals surface area contributed by atoms with E-state index >= 15 is 0 Å². The Morgan fingerprint density at radius 3 is 2.63 bits per heavy atom. The van der Waals surface area contributed by atoms with Crippen molar-refractivity contribution in [1.82, 2.24) is 14.5 Å². The molecule has 8 nitrogen and oxygen atoms in total. The summed E-state index contributed by atoms with van der Waals surface area (Å²) in [5.41, 5.74) is -0.685. The summed E-state index contributed by atoms with van der Waals surface area (Å²) in [5, 5.41) is 0.964. The number of aliphatic imine (C=N–C) groups is 1. The SMILES string of the molecule is CC(C)(C)OC(=O)N1CCN(c2cc3cccnc3n2C2(C=O)C=CC=NC2)CC1. The van der Waals surface area contributed by atoms with E-state index in [9.17, 15) is 9.59 Å². The number of carbonyl (C=O) groups is 2. The minimum atomic E-state index is -0.914. The van der Waals surface area contributed by atoms with Gasteiger partial charge in [-0.1, -0.05) is 0 Å². The molecule has 0 bridgehead atoms. The van der Waals surface area contributed by atoms with E-state index in [1.54, 1.807) is 23.4 Å². The maximum Gasteiger partial charge on any atom is 0.410 e. The predicted molar refractivity (Wildman–Crippen MR) is 116 cm³/mol. The molecule has 4 rings (SSSR count). The van der Waals surface area contributed by atoms with Gasteiger partial charge in [0.1, 0.15) is 22.6 Å². The second-order valence-electron chi connectivity index (χ2n) is 8.67. The Labute approximate surface area is 175 Å². The Bertz CT molecular complexity index is 1010. The third-order valence-electron chi connectivity index (χ3n) is 5.34. The molecule has 1 amide bonds. The topological polar surface area (TPSA) is 80.0 Å². The number of fused-ring (bicyclic) bond motifs is 1. The number of dihydropyridines is 1. The number of hydrogen-bond donors (Lipinski definition) is 0. The first kappa shape index (κ1) is 20.1. The van der Waals surface area contributed by atoms with Crippen molar-refractivity contribution in [2.75, 3.05) is 37.6 Å². The number of pyridine rings is 1. The van der Waals surface area contributed by atoms with Crippen molar-refractivity contribution in [2.24, 2.45) is 4.99 Å². The fourth-order valence-corrected chi connectivity index (χ4v) is 3.91. The lowest BCUT2D eigenvalue weighted by Gasteiger charge is -2.39. The number of aromatic nitrogens is 2. The predicted octanol–water partition coefficient (Wildman–Crippen LogP) is 2.63. The molecule has 0 aromatic carbocycles. The molecule has 2 aliphatic rings. The number of rotatable bonds is 3. The summed E-state index contributed by atoms with van der Waals surface area (Å²) < 4.78 is 7.48. The second-order valence-corrected chi connectivity index (χ2v) is 8.67. The highest BCUT2D eigenvalue weighted by molar-refractivity contribution is 5.87. The molecule has 0 N–H and O–H groups in total. The minimum absolute atomic E-state index is 0.293. The van der Waals surface area contributed by atoms with Gasteiger partial charge in [-0.15, -0.1) is 0 Å². The van der Waals surface area contributed by atoms with Crippen LogP contribution in [-0.2, 0) is 15.1 Å². The van der Waals surface area contributed by atoms with Crippen molar-refractivity contribution in [1.29, 1.82) is 0 Å². The maximum absolute atomic E-state index is 12.4. The summed E-state index contributed by atoms with van der Waals surface area (Å²) in [6, 6.07) is 5.94. The van der Waals surface area contributed by atoms with E-state index < -0.39 is 11.1 Å². The van der Waals surface area contributed by atoms with Crippen LogP contribution in [0.15, 0.2) is 41.5 Å². The summed E-state index contributed by atoms with van der Waals surface area (Å²) in [6.45, 7) is 8.30. The van der Waals surface area contributed by atoms with Crippen LogP contribution in [0.2, 0.25) is 0 Å². The van der Waals surface area contributed by atoms with Crippen LogP contribution in [-0.4, -0.2) is 71.4 Å². The van der Waals surface area contributed by atoms with Crippen molar-refractivity contribution < 1.29 is 14.3 Å². The highest BCUT2D eigenvalue weighted by atomic mass is 16.6. The molecular formula is C22H27N5O3. The summed E-state index contributed by atoms with van der Waals surface area (Å²) in [6.07, 6.45) is 7.77. The van der Waals surface area contributed by atoms with Crippen LogP contribution < -0.4 is 4.90 Å². The highest BCUT2D eigenvalue weighted by Gasteiger charge is 2.36. The molecule has 8 heteroatoms. The van der Waals surface area contributed by atoms with Gasteiger partial charge >= 0.3 is 6.09 Å². The Kier molecular flexibility index (Phi) is 5.09. The van der Waals surface area contributed by atoms with Crippen LogP contribution in [0.25, 0.3) is 11.0 Å². The first-order valence-electron chi connectivity index (χ1n) is 10.2. The van der Waals surface area contributed by atoms with Gasteiger partial charge in [-0.25, -0.2) is 9.78 Å². The number of piperazine rings is 1. The summed E-state index contributed by atoms with van der Waals surface area (Å²) in [7, 11) is 0. The molecule has 1 saturated heterocycles. The number of carbonyl (C=O) groups excluding carboxylic acids is 2. The third kappa shape index (κ3) is 3.69. The lowest BCUT2D eigenvalue weighted by molar-refractivity contribution is -0.112. The zero-order valence-electron chi connectivity index (χ0n) is 17.6. The highest BCUT2D eigenvalue weighted by Crippen LogP contribution is 2.34. The van der Waals surface area contributed by atoms with Crippen LogP contribution in [0.5, 0.6) is 0 Å². The molecule has 2 aromatic heterocycles. The molecule has 0 aliphatic carbocycles. The number of anilines is 1. The van der Waals surface area contributed by atoms with Crippen LogP contribution >= 0.6 is 0 Å². The van der Waals surface area contributed by atoms with Crippen molar-refractivity contribution in [3.05, 3.63) is 36.5 Å². The van der Waals surface area contributed by atoms with E-state index in [4.69, 9.17) is 4.74 Å². The zero-order valence-corrected chi connectivity index (χ0v) is 17.6. The van der Waals surface area contributed by atoms with Gasteiger partial charge in [0, 0.05) is 44.0 Å². The molecule has 1 atom stereocenters. The normalized spacial score (nSPS) is 21.8. The monoisotopic (exact) mass is 409 g/mol. The number of aldehydes is 1. The van der Waals surface area contributed by atoms with Crippen molar-refractivity contribution in [3.8, 4) is 0 Å². The van der Waals surface area contributed by atoms with Crippen molar-refractivity contribution in [2.45, 2.75) is 31.9 Å². The number of allylic oxidation sites excluding steroid dienone is 1. The molecule has 4 heterocycles.